The van der Waals surface area contributed by atoms with Crippen LogP contribution in [0.4, 0.5) is 18.9 Å². The third kappa shape index (κ3) is 4.03. The first kappa shape index (κ1) is 26.0. The van der Waals surface area contributed by atoms with Crippen molar-refractivity contribution in [2.24, 2.45) is 5.41 Å². The maximum Gasteiger partial charge on any atom is 0.416 e. The highest BCUT2D eigenvalue weighted by Gasteiger charge is 2.63. The molecule has 0 amide bonds. The van der Waals surface area contributed by atoms with E-state index in [4.69, 9.17) is 4.74 Å². The number of rotatable bonds is 5. The second-order valence-corrected chi connectivity index (χ2v) is 9.32. The molecule has 0 heterocycles. The molecule has 0 saturated heterocycles. The van der Waals surface area contributed by atoms with Gasteiger partial charge in [-0.15, -0.1) is 0 Å². The van der Waals surface area contributed by atoms with Crippen LogP contribution in [0.25, 0.3) is 0 Å². The fraction of sp³-hybridized carbons (Fsp3) is 0.207. The lowest BCUT2D eigenvalue weighted by atomic mass is 9.66. The van der Waals surface area contributed by atoms with Crippen molar-refractivity contribution in [3.8, 4) is 0 Å². The topological polar surface area (TPSA) is 104 Å². The molecule has 0 unspecified atom stereocenters. The summed E-state index contributed by atoms with van der Waals surface area (Å²) < 4.78 is 45.2. The molecule has 7 nitrogen and oxygen atoms in total. The van der Waals surface area contributed by atoms with Gasteiger partial charge in [-0.2, -0.15) is 13.2 Å². The summed E-state index contributed by atoms with van der Waals surface area (Å²) in [7, 11) is 0. The van der Waals surface area contributed by atoms with Crippen LogP contribution in [0, 0.1) is 15.5 Å². The van der Waals surface area contributed by atoms with Crippen LogP contribution >= 0.6 is 0 Å². The molecule has 39 heavy (non-hydrogen) atoms. The smallest absolute Gasteiger partial charge is 0.416 e. The summed E-state index contributed by atoms with van der Waals surface area (Å²) in [5, 5.41) is 11.3. The fourth-order valence-electron chi connectivity index (χ4n) is 5.62. The van der Waals surface area contributed by atoms with E-state index in [0.29, 0.717) is 5.56 Å². The first-order valence-electron chi connectivity index (χ1n) is 12.0. The zero-order valence-corrected chi connectivity index (χ0v) is 20.4. The Hall–Kier alpha value is -4.60. The highest BCUT2D eigenvalue weighted by Crippen LogP contribution is 2.61. The van der Waals surface area contributed by atoms with Crippen molar-refractivity contribution in [2.45, 2.75) is 24.9 Å². The van der Waals surface area contributed by atoms with Crippen LogP contribution in [0.5, 0.6) is 0 Å². The van der Waals surface area contributed by atoms with Crippen LogP contribution in [0.1, 0.15) is 56.2 Å². The zero-order chi connectivity index (χ0) is 28.1. The number of ether oxygens (including phenoxy) is 1. The molecule has 3 aromatic rings. The van der Waals surface area contributed by atoms with E-state index >= 15 is 0 Å². The standard InChI is InChI=1S/C29H20F3NO6/c1-2-39-27(36)22-15-28(25(34)20-5-3-4-6-21(20)26(28)35)24(17-9-13-19(14-10-17)33(37)38)23(22)16-7-11-18(12-8-16)29(30,31)32/h3-15,23-24H,2H2,1H3/t23-,24+/m0/s1. The van der Waals surface area contributed by atoms with Gasteiger partial charge >= 0.3 is 12.1 Å². The number of fused-ring (bicyclic) bond motifs is 1. The Labute approximate surface area is 220 Å². The summed E-state index contributed by atoms with van der Waals surface area (Å²) in [5.41, 5.74) is -2.21. The second-order valence-electron chi connectivity index (χ2n) is 9.32. The zero-order valence-electron chi connectivity index (χ0n) is 20.4. The summed E-state index contributed by atoms with van der Waals surface area (Å²) in [6.45, 7) is 1.55. The number of non-ortho nitro benzene ring substituents is 1. The number of Topliss-reactive ketones (excluding diaryl/α,β-unsaturated/α-hetero) is 2. The van der Waals surface area contributed by atoms with Crippen molar-refractivity contribution < 1.29 is 37.2 Å². The van der Waals surface area contributed by atoms with Gasteiger partial charge in [-0.25, -0.2) is 4.79 Å². The molecule has 0 aromatic heterocycles. The lowest BCUT2D eigenvalue weighted by Gasteiger charge is -2.32. The SMILES string of the molecule is CCOC(=O)C1=CC2(C(=O)c3ccccc3C2=O)[C@H](c2ccc([N+](=O)[O-])cc2)[C@H]1c1ccc(C(F)(F)F)cc1. The Bertz CT molecular complexity index is 1510. The number of esters is 1. The quantitative estimate of drug-likeness (QED) is 0.171. The predicted molar refractivity (Wildman–Crippen MR) is 132 cm³/mol. The van der Waals surface area contributed by atoms with Crippen molar-refractivity contribution in [1.29, 1.82) is 0 Å². The van der Waals surface area contributed by atoms with Gasteiger partial charge in [-0.05, 0) is 30.2 Å². The second kappa shape index (κ2) is 9.30. The minimum absolute atomic E-state index is 0.0206. The number of halogens is 3. The van der Waals surface area contributed by atoms with E-state index in [1.165, 1.54) is 54.6 Å². The molecule has 10 heteroatoms. The average molecular weight is 535 g/mol. The first-order chi connectivity index (χ1) is 18.5. The van der Waals surface area contributed by atoms with Gasteiger partial charge in [0.2, 0.25) is 0 Å². The molecule has 0 fully saturated rings. The van der Waals surface area contributed by atoms with E-state index in [9.17, 15) is 37.7 Å². The van der Waals surface area contributed by atoms with Crippen LogP contribution in [-0.4, -0.2) is 29.1 Å². The largest absolute Gasteiger partial charge is 0.463 e. The number of carbonyl (C=O) groups excluding carboxylic acids is 3. The molecule has 5 rings (SSSR count). The van der Waals surface area contributed by atoms with Gasteiger partial charge in [-0.3, -0.25) is 19.7 Å². The van der Waals surface area contributed by atoms with Crippen molar-refractivity contribution in [1.82, 2.24) is 0 Å². The van der Waals surface area contributed by atoms with Gasteiger partial charge in [0.15, 0.2) is 11.6 Å². The lowest BCUT2D eigenvalue weighted by Crippen LogP contribution is -2.37. The van der Waals surface area contributed by atoms with E-state index in [0.717, 1.165) is 12.1 Å². The number of nitrogens with zero attached hydrogens (tertiary/aromatic N) is 1. The molecule has 2 aliphatic carbocycles. The molecule has 0 N–H and O–H groups in total. The number of allylic oxidation sites excluding steroid dienone is 1. The van der Waals surface area contributed by atoms with Crippen molar-refractivity contribution >= 4 is 23.2 Å². The number of hydrogen-bond acceptors (Lipinski definition) is 6. The maximum atomic E-state index is 14.0. The molecule has 0 bridgehead atoms. The van der Waals surface area contributed by atoms with Gasteiger partial charge < -0.3 is 4.74 Å². The number of benzene rings is 3. The molecule has 2 aliphatic rings. The first-order valence-corrected chi connectivity index (χ1v) is 12.0. The van der Waals surface area contributed by atoms with Crippen LogP contribution in [0.15, 0.2) is 84.4 Å². The normalized spacial score (nSPS) is 19.6. The Balaban J connectivity index is 1.77. The van der Waals surface area contributed by atoms with Gasteiger partial charge in [-0.1, -0.05) is 54.6 Å². The molecule has 2 atom stereocenters. The molecule has 1 spiro atoms. The van der Waals surface area contributed by atoms with E-state index in [2.05, 4.69) is 0 Å². The number of carbonyl (C=O) groups is 3. The van der Waals surface area contributed by atoms with Gasteiger partial charge in [0, 0.05) is 40.7 Å². The number of hydrogen-bond donors (Lipinski definition) is 0. The van der Waals surface area contributed by atoms with Crippen molar-refractivity contribution in [3.63, 3.8) is 0 Å². The summed E-state index contributed by atoms with van der Waals surface area (Å²) >= 11 is 0. The molecule has 198 valence electrons. The molecule has 0 saturated carbocycles. The van der Waals surface area contributed by atoms with Crippen LogP contribution in [-0.2, 0) is 15.7 Å². The summed E-state index contributed by atoms with van der Waals surface area (Å²) in [5.74, 6) is -4.11. The molecular weight excluding hydrogens is 515 g/mol. The monoisotopic (exact) mass is 535 g/mol. The minimum atomic E-state index is -4.61. The number of ketones is 2. The van der Waals surface area contributed by atoms with Gasteiger partial charge in [0.05, 0.1) is 17.1 Å². The maximum absolute atomic E-state index is 14.0. The van der Waals surface area contributed by atoms with Crippen LogP contribution in [0.3, 0.4) is 0 Å². The van der Waals surface area contributed by atoms with E-state index in [1.54, 1.807) is 19.1 Å². The van der Waals surface area contributed by atoms with E-state index < -0.39 is 51.4 Å². The highest BCUT2D eigenvalue weighted by molar-refractivity contribution is 6.32. The predicted octanol–water partition coefficient (Wildman–Crippen LogP) is 6.05. The van der Waals surface area contributed by atoms with Gasteiger partial charge in [0.25, 0.3) is 5.69 Å². The number of alkyl halides is 3. The Morgan fingerprint density at radius 3 is 1.95 bits per heavy atom. The Morgan fingerprint density at radius 1 is 0.923 bits per heavy atom. The highest BCUT2D eigenvalue weighted by atomic mass is 19.4. The van der Waals surface area contributed by atoms with E-state index in [1.807, 2.05) is 0 Å². The third-order valence-corrected chi connectivity index (χ3v) is 7.28. The minimum Gasteiger partial charge on any atom is -0.463 e. The van der Waals surface area contributed by atoms with Gasteiger partial charge in [0.1, 0.15) is 5.41 Å². The lowest BCUT2D eigenvalue weighted by molar-refractivity contribution is -0.384. The van der Waals surface area contributed by atoms with E-state index in [-0.39, 0.29) is 34.6 Å². The van der Waals surface area contributed by atoms with Crippen molar-refractivity contribution in [2.75, 3.05) is 6.61 Å². The Kier molecular flexibility index (Phi) is 6.21. The summed E-state index contributed by atoms with van der Waals surface area (Å²) in [6.07, 6.45) is -3.32. The van der Waals surface area contributed by atoms with Crippen LogP contribution < -0.4 is 0 Å². The fourth-order valence-corrected chi connectivity index (χ4v) is 5.62. The molecule has 3 aromatic carbocycles. The molecular formula is C29H20F3NO6. The number of nitro benzene ring substituents is 1. The Morgan fingerprint density at radius 2 is 1.46 bits per heavy atom. The summed E-state index contributed by atoms with van der Waals surface area (Å²) in [4.78, 5) is 51.9. The average Bonchev–Trinajstić information content (AvgIpc) is 3.38. The number of nitro groups is 1. The van der Waals surface area contributed by atoms with Crippen molar-refractivity contribution in [3.05, 3.63) is 122 Å². The summed E-state index contributed by atoms with van der Waals surface area (Å²) in [6, 6.07) is 15.6. The molecule has 0 radical (unpaired) electrons. The molecule has 0 aliphatic heterocycles. The third-order valence-electron chi connectivity index (χ3n) is 7.28. The van der Waals surface area contributed by atoms with Crippen LogP contribution in [0.2, 0.25) is 0 Å².